The van der Waals surface area contributed by atoms with Gasteiger partial charge in [0.2, 0.25) is 0 Å². The summed E-state index contributed by atoms with van der Waals surface area (Å²) >= 11 is 6.24. The average Bonchev–Trinajstić information content (AvgIpc) is 2.69. The minimum atomic E-state index is -0.656. The van der Waals surface area contributed by atoms with Crippen molar-refractivity contribution in [2.75, 3.05) is 11.9 Å². The standard InChI is InChI=1S/C19H15ClN2O6/c1-2-8-27-19-16(20)14-7-6-12(10-15(14)18(24)28-19)21-17(23)11-4-3-5-13(9-11)22(25)26/h3-7,9-10H,2,8H2,1H3,(H,21,23). The Balaban J connectivity index is 1.91. The fourth-order valence-corrected chi connectivity index (χ4v) is 2.79. The van der Waals surface area contributed by atoms with Crippen molar-refractivity contribution in [3.8, 4) is 5.95 Å². The van der Waals surface area contributed by atoms with Gasteiger partial charge in [-0.15, -0.1) is 0 Å². The minimum Gasteiger partial charge on any atom is -0.464 e. The van der Waals surface area contributed by atoms with Crippen LogP contribution in [0.15, 0.2) is 51.7 Å². The second-order valence-electron chi connectivity index (χ2n) is 5.86. The Kier molecular flexibility index (Phi) is 5.60. The molecule has 144 valence electrons. The highest BCUT2D eigenvalue weighted by Gasteiger charge is 2.16. The van der Waals surface area contributed by atoms with E-state index in [1.165, 1.54) is 30.3 Å². The van der Waals surface area contributed by atoms with Crippen LogP contribution in [0.5, 0.6) is 5.95 Å². The van der Waals surface area contributed by atoms with E-state index in [4.69, 9.17) is 20.8 Å². The van der Waals surface area contributed by atoms with Crippen molar-refractivity contribution in [3.05, 3.63) is 73.6 Å². The molecule has 0 saturated heterocycles. The summed E-state index contributed by atoms with van der Waals surface area (Å²) in [5.74, 6) is -0.601. The number of halogens is 1. The Hall–Kier alpha value is -3.39. The molecule has 0 aliphatic carbocycles. The molecule has 8 nitrogen and oxygen atoms in total. The molecule has 28 heavy (non-hydrogen) atoms. The molecule has 0 fully saturated rings. The monoisotopic (exact) mass is 402 g/mol. The number of carbonyl (C=O) groups excluding carboxylic acids is 1. The highest BCUT2D eigenvalue weighted by atomic mass is 35.5. The van der Waals surface area contributed by atoms with Crippen LogP contribution in [0.2, 0.25) is 5.02 Å². The molecule has 0 saturated carbocycles. The van der Waals surface area contributed by atoms with Gasteiger partial charge in [0.05, 0.1) is 16.9 Å². The van der Waals surface area contributed by atoms with E-state index >= 15 is 0 Å². The van der Waals surface area contributed by atoms with Gasteiger partial charge in [0, 0.05) is 28.8 Å². The first-order chi connectivity index (χ1) is 13.4. The van der Waals surface area contributed by atoms with Crippen LogP contribution >= 0.6 is 11.6 Å². The largest absolute Gasteiger partial charge is 0.464 e. The Morgan fingerprint density at radius 2 is 2.04 bits per heavy atom. The molecule has 1 heterocycles. The molecular formula is C19H15ClN2O6. The van der Waals surface area contributed by atoms with E-state index in [0.717, 1.165) is 6.42 Å². The van der Waals surface area contributed by atoms with Crippen molar-refractivity contribution in [1.82, 2.24) is 0 Å². The topological polar surface area (TPSA) is 112 Å². The fraction of sp³-hybridized carbons (Fsp3) is 0.158. The van der Waals surface area contributed by atoms with E-state index in [0.29, 0.717) is 17.7 Å². The lowest BCUT2D eigenvalue weighted by Crippen LogP contribution is -2.12. The molecule has 3 aromatic rings. The number of ether oxygens (including phenoxy) is 1. The first kappa shape index (κ1) is 19.4. The highest BCUT2D eigenvalue weighted by molar-refractivity contribution is 6.36. The van der Waals surface area contributed by atoms with E-state index < -0.39 is 16.5 Å². The molecule has 0 aliphatic rings. The second-order valence-corrected chi connectivity index (χ2v) is 6.24. The maximum atomic E-state index is 12.4. The van der Waals surface area contributed by atoms with Gasteiger partial charge in [-0.3, -0.25) is 14.9 Å². The van der Waals surface area contributed by atoms with Gasteiger partial charge >= 0.3 is 11.6 Å². The highest BCUT2D eigenvalue weighted by Crippen LogP contribution is 2.32. The van der Waals surface area contributed by atoms with Crippen LogP contribution in [-0.4, -0.2) is 17.4 Å². The van der Waals surface area contributed by atoms with Crippen LogP contribution in [0, 0.1) is 10.1 Å². The van der Waals surface area contributed by atoms with E-state index in [1.54, 1.807) is 12.1 Å². The van der Waals surface area contributed by atoms with Gasteiger partial charge in [0.25, 0.3) is 11.6 Å². The number of nitrogens with one attached hydrogen (secondary N) is 1. The molecule has 0 spiro atoms. The number of carbonyl (C=O) groups is 1. The number of rotatable bonds is 6. The molecule has 0 bridgehead atoms. The fourth-order valence-electron chi connectivity index (χ4n) is 2.53. The lowest BCUT2D eigenvalue weighted by Gasteiger charge is -2.09. The molecule has 9 heteroatoms. The van der Waals surface area contributed by atoms with E-state index in [1.807, 2.05) is 6.92 Å². The number of nitro groups is 1. The molecule has 1 N–H and O–H groups in total. The number of benzene rings is 2. The van der Waals surface area contributed by atoms with Gasteiger partial charge < -0.3 is 14.5 Å². The Labute approximate surface area is 163 Å². The van der Waals surface area contributed by atoms with Crippen molar-refractivity contribution in [2.45, 2.75) is 13.3 Å². The number of fused-ring (bicyclic) bond motifs is 1. The normalized spacial score (nSPS) is 10.6. The number of hydrogen-bond acceptors (Lipinski definition) is 6. The third-order valence-corrected chi connectivity index (χ3v) is 4.21. The molecule has 2 aromatic carbocycles. The molecule has 0 aliphatic heterocycles. The molecule has 0 unspecified atom stereocenters. The zero-order valence-electron chi connectivity index (χ0n) is 14.7. The molecule has 0 atom stereocenters. The number of nitrogens with zero attached hydrogens (tertiary/aromatic N) is 1. The van der Waals surface area contributed by atoms with Gasteiger partial charge in [-0.2, -0.15) is 0 Å². The van der Waals surface area contributed by atoms with Gasteiger partial charge in [-0.1, -0.05) is 30.7 Å². The van der Waals surface area contributed by atoms with Crippen molar-refractivity contribution in [1.29, 1.82) is 0 Å². The van der Waals surface area contributed by atoms with Crippen molar-refractivity contribution in [3.63, 3.8) is 0 Å². The Morgan fingerprint density at radius 3 is 2.75 bits per heavy atom. The SMILES string of the molecule is CCCOc1oc(=O)c2cc(NC(=O)c3cccc([N+](=O)[O-])c3)ccc2c1Cl. The van der Waals surface area contributed by atoms with Crippen LogP contribution in [-0.2, 0) is 0 Å². The molecule has 1 amide bonds. The minimum absolute atomic E-state index is 0.0469. The number of amides is 1. The first-order valence-electron chi connectivity index (χ1n) is 8.35. The summed E-state index contributed by atoms with van der Waals surface area (Å²) in [6.07, 6.45) is 0.723. The Morgan fingerprint density at radius 1 is 1.25 bits per heavy atom. The van der Waals surface area contributed by atoms with E-state index in [-0.39, 0.29) is 27.6 Å². The van der Waals surface area contributed by atoms with Crippen LogP contribution in [0.3, 0.4) is 0 Å². The predicted molar refractivity (Wildman–Crippen MR) is 104 cm³/mol. The van der Waals surface area contributed by atoms with Crippen LogP contribution in [0.25, 0.3) is 10.8 Å². The van der Waals surface area contributed by atoms with Gasteiger partial charge in [0.1, 0.15) is 5.02 Å². The molecular weight excluding hydrogens is 388 g/mol. The lowest BCUT2D eigenvalue weighted by molar-refractivity contribution is -0.384. The summed E-state index contributed by atoms with van der Waals surface area (Å²) in [7, 11) is 0. The predicted octanol–water partition coefficient (Wildman–Crippen LogP) is 4.40. The summed E-state index contributed by atoms with van der Waals surface area (Å²) in [4.78, 5) is 34.9. The summed E-state index contributed by atoms with van der Waals surface area (Å²) in [5, 5.41) is 14.2. The first-order valence-corrected chi connectivity index (χ1v) is 8.73. The zero-order chi connectivity index (χ0) is 20.3. The van der Waals surface area contributed by atoms with Crippen molar-refractivity contribution in [2.24, 2.45) is 0 Å². The number of non-ortho nitro benzene ring substituents is 1. The van der Waals surface area contributed by atoms with Crippen LogP contribution < -0.4 is 15.7 Å². The Bertz CT molecular complexity index is 1130. The third-order valence-electron chi connectivity index (χ3n) is 3.85. The third kappa shape index (κ3) is 3.96. The zero-order valence-corrected chi connectivity index (χ0v) is 15.5. The smallest absolute Gasteiger partial charge is 0.346 e. The van der Waals surface area contributed by atoms with Crippen molar-refractivity contribution < 1.29 is 18.9 Å². The summed E-state index contributed by atoms with van der Waals surface area (Å²) in [6.45, 7) is 2.26. The lowest BCUT2D eigenvalue weighted by atomic mass is 10.1. The maximum absolute atomic E-state index is 12.4. The van der Waals surface area contributed by atoms with Gasteiger partial charge in [-0.05, 0) is 24.6 Å². The van der Waals surface area contributed by atoms with Crippen LogP contribution in [0.1, 0.15) is 23.7 Å². The number of hydrogen-bond donors (Lipinski definition) is 1. The van der Waals surface area contributed by atoms with E-state index in [2.05, 4.69) is 5.32 Å². The summed E-state index contributed by atoms with van der Waals surface area (Å²) < 4.78 is 10.4. The number of nitro benzene ring substituents is 1. The quantitative estimate of drug-likeness (QED) is 0.483. The van der Waals surface area contributed by atoms with Gasteiger partial charge in [-0.25, -0.2) is 4.79 Å². The molecule has 3 rings (SSSR count). The molecule has 0 radical (unpaired) electrons. The number of anilines is 1. The van der Waals surface area contributed by atoms with E-state index in [9.17, 15) is 19.7 Å². The molecule has 1 aromatic heterocycles. The van der Waals surface area contributed by atoms with Crippen LogP contribution in [0.4, 0.5) is 11.4 Å². The summed E-state index contributed by atoms with van der Waals surface area (Å²) in [6, 6.07) is 9.87. The summed E-state index contributed by atoms with van der Waals surface area (Å²) in [5.41, 5.74) is -0.424. The second kappa shape index (κ2) is 8.10. The average molecular weight is 403 g/mol. The maximum Gasteiger partial charge on any atom is 0.346 e. The van der Waals surface area contributed by atoms with Gasteiger partial charge in [0.15, 0.2) is 0 Å². The van der Waals surface area contributed by atoms with Crippen molar-refractivity contribution >= 4 is 39.7 Å².